The van der Waals surface area contributed by atoms with Crippen molar-refractivity contribution in [2.75, 3.05) is 5.75 Å². The molecule has 1 fully saturated rings. The molecule has 11 nitrogen and oxygen atoms in total. The number of rotatable bonds is 11. The Morgan fingerprint density at radius 3 is 2.42 bits per heavy atom. The van der Waals surface area contributed by atoms with Gasteiger partial charge >= 0.3 is 11.9 Å². The van der Waals surface area contributed by atoms with Gasteiger partial charge < -0.3 is 25.7 Å². The van der Waals surface area contributed by atoms with Crippen LogP contribution in [0, 0.1) is 0 Å². The number of pyridine rings is 1. The fraction of sp³-hybridized carbons (Fsp3) is 0.308. The van der Waals surface area contributed by atoms with Crippen molar-refractivity contribution in [3.05, 3.63) is 77.8 Å². The number of amides is 3. The van der Waals surface area contributed by atoms with Gasteiger partial charge in [-0.2, -0.15) is 0 Å². The van der Waals surface area contributed by atoms with Gasteiger partial charge in [-0.25, -0.2) is 14.2 Å². The molecule has 0 spiro atoms. The molecule has 0 unspecified atom stereocenters. The van der Waals surface area contributed by atoms with Gasteiger partial charge in [0.05, 0.1) is 5.56 Å². The van der Waals surface area contributed by atoms with Gasteiger partial charge in [0.2, 0.25) is 5.91 Å². The number of thioether (sulfide) groups is 1. The van der Waals surface area contributed by atoms with Crippen molar-refractivity contribution < 1.29 is 38.8 Å². The summed E-state index contributed by atoms with van der Waals surface area (Å²) in [5, 5.41) is 23.5. The number of β-lactam (4-membered cyclic amide) rings is 1. The zero-order valence-corrected chi connectivity index (χ0v) is 21.1. The van der Waals surface area contributed by atoms with E-state index < -0.39 is 29.9 Å². The topological polar surface area (TPSA) is 157 Å². The van der Waals surface area contributed by atoms with Gasteiger partial charge in [-0.1, -0.05) is 18.2 Å². The largest absolute Gasteiger partial charge is 0.480 e. The fourth-order valence-corrected chi connectivity index (χ4v) is 5.44. The molecular weight excluding hydrogens is 512 g/mol. The highest BCUT2D eigenvalue weighted by atomic mass is 32.2. The van der Waals surface area contributed by atoms with E-state index in [9.17, 15) is 29.1 Å². The van der Waals surface area contributed by atoms with Crippen molar-refractivity contribution in [2.24, 2.45) is 0 Å². The van der Waals surface area contributed by atoms with E-state index in [2.05, 4.69) is 10.6 Å². The van der Waals surface area contributed by atoms with Crippen molar-refractivity contribution in [1.82, 2.24) is 15.5 Å². The highest BCUT2D eigenvalue weighted by Crippen LogP contribution is 2.36. The molecule has 3 amide bonds. The molecule has 38 heavy (non-hydrogen) atoms. The number of carbonyl (C=O) groups excluding carboxylic acids is 3. The van der Waals surface area contributed by atoms with E-state index in [1.807, 2.05) is 4.57 Å². The number of hydrogen-bond donors (Lipinski definition) is 4. The summed E-state index contributed by atoms with van der Waals surface area (Å²) in [6, 6.07) is 9.52. The lowest BCUT2D eigenvalue weighted by Gasteiger charge is -2.47. The van der Waals surface area contributed by atoms with Crippen molar-refractivity contribution in [2.45, 2.75) is 43.3 Å². The molecule has 198 valence electrons. The van der Waals surface area contributed by atoms with Crippen LogP contribution in [0.1, 0.15) is 40.0 Å². The zero-order valence-electron chi connectivity index (χ0n) is 20.3. The van der Waals surface area contributed by atoms with Crippen LogP contribution < -0.4 is 15.2 Å². The normalized spacial score (nSPS) is 18.9. The minimum absolute atomic E-state index is 0.0240. The number of carboxylic acid groups (broad SMARTS) is 2. The monoisotopic (exact) mass is 539 g/mol. The minimum atomic E-state index is -1.18. The standard InChI is InChI=1S/C26H26N4O7S/c31-20(8-4-7-19(26(36)37)27-22(32)17-5-2-1-3-6-17)28-21-23(33)30-14-16(15-38-24(21)30)13-29-11-9-18(10-12-29)25(34)35/h1-3,5-6,9-12,14,19,21,24H,4,7-8,13,15H2,(H3-,27,28,31,32,34,35,36,37)/p+1/t19-,21-,24-/m1/s1. The quantitative estimate of drug-likeness (QED) is 0.243. The van der Waals surface area contributed by atoms with Crippen LogP contribution in [0.25, 0.3) is 0 Å². The summed E-state index contributed by atoms with van der Waals surface area (Å²) in [6.45, 7) is 0.506. The highest BCUT2D eigenvalue weighted by molar-refractivity contribution is 8.00. The first kappa shape index (κ1) is 26.9. The lowest BCUT2D eigenvalue weighted by molar-refractivity contribution is -0.689. The smallest absolute Gasteiger partial charge is 0.336 e. The van der Waals surface area contributed by atoms with E-state index in [0.29, 0.717) is 17.9 Å². The van der Waals surface area contributed by atoms with Crippen molar-refractivity contribution in [3.63, 3.8) is 0 Å². The van der Waals surface area contributed by atoms with Crippen molar-refractivity contribution in [1.29, 1.82) is 0 Å². The fourth-order valence-electron chi connectivity index (χ4n) is 4.19. The number of nitrogens with zero attached hydrogens (tertiary/aromatic N) is 2. The van der Waals surface area contributed by atoms with Gasteiger partial charge in [-0.05, 0) is 25.0 Å². The molecule has 0 saturated carbocycles. The van der Waals surface area contributed by atoms with E-state index in [1.54, 1.807) is 53.8 Å². The third-order valence-corrected chi connectivity index (χ3v) is 7.60. The number of hydrogen-bond acceptors (Lipinski definition) is 6. The molecule has 4 N–H and O–H groups in total. The Morgan fingerprint density at radius 1 is 1.05 bits per heavy atom. The second-order valence-electron chi connectivity index (χ2n) is 8.97. The van der Waals surface area contributed by atoms with E-state index >= 15 is 0 Å². The van der Waals surface area contributed by atoms with Gasteiger partial charge in [-0.3, -0.25) is 14.4 Å². The Kier molecular flexibility index (Phi) is 8.41. The summed E-state index contributed by atoms with van der Waals surface area (Å²) in [5.74, 6) is -2.61. The molecular formula is C26H27N4O7S+. The first-order valence-electron chi connectivity index (χ1n) is 12.0. The minimum Gasteiger partial charge on any atom is -0.480 e. The Morgan fingerprint density at radius 2 is 1.76 bits per heavy atom. The number of aromatic carboxylic acids is 1. The molecule has 4 rings (SSSR count). The maximum atomic E-state index is 12.6. The van der Waals surface area contributed by atoms with E-state index in [0.717, 1.165) is 5.57 Å². The third kappa shape index (κ3) is 6.38. The molecule has 3 heterocycles. The molecule has 0 bridgehead atoms. The predicted molar refractivity (Wildman–Crippen MR) is 136 cm³/mol. The number of carbonyl (C=O) groups is 5. The van der Waals surface area contributed by atoms with Crippen LogP contribution in [0.5, 0.6) is 0 Å². The Hall–Kier alpha value is -4.19. The first-order valence-corrected chi connectivity index (χ1v) is 13.0. The van der Waals surface area contributed by atoms with E-state index in [4.69, 9.17) is 5.11 Å². The molecule has 2 aromatic rings. The summed E-state index contributed by atoms with van der Waals surface area (Å²) in [4.78, 5) is 61.5. The van der Waals surface area contributed by atoms with Crippen LogP contribution in [0.2, 0.25) is 0 Å². The SMILES string of the molecule is O=C(CCC[C@@H](NC(=O)c1ccccc1)C(=O)O)N[C@@H]1C(=O)N2C=C(C[n+]3ccc(C(=O)O)cc3)CS[C@H]12. The number of benzene rings is 1. The Labute approximate surface area is 222 Å². The van der Waals surface area contributed by atoms with Gasteiger partial charge in [-0.15, -0.1) is 11.8 Å². The van der Waals surface area contributed by atoms with Crippen molar-refractivity contribution >= 4 is 41.4 Å². The second kappa shape index (κ2) is 11.9. The molecule has 3 atom stereocenters. The molecule has 1 aromatic heterocycles. The van der Waals surface area contributed by atoms with Crippen LogP contribution in [0.3, 0.4) is 0 Å². The van der Waals surface area contributed by atoms with Gasteiger partial charge in [0.1, 0.15) is 17.5 Å². The van der Waals surface area contributed by atoms with Crippen LogP contribution in [-0.4, -0.2) is 68.0 Å². The number of carboxylic acids is 2. The summed E-state index contributed by atoms with van der Waals surface area (Å²) in [5.41, 5.74) is 1.52. The number of aliphatic carboxylic acids is 1. The predicted octanol–water partition coefficient (Wildman–Crippen LogP) is 1.01. The molecule has 12 heteroatoms. The molecule has 2 aliphatic heterocycles. The molecule has 1 aromatic carbocycles. The summed E-state index contributed by atoms with van der Waals surface area (Å²) < 4.78 is 1.83. The molecule has 1 saturated heterocycles. The lowest BCUT2D eigenvalue weighted by atomic mass is 10.1. The zero-order chi connectivity index (χ0) is 27.2. The van der Waals surface area contributed by atoms with Gasteiger partial charge in [0.15, 0.2) is 18.9 Å². The molecule has 2 aliphatic rings. The van der Waals surface area contributed by atoms with Crippen LogP contribution in [0.4, 0.5) is 0 Å². The molecule has 0 aliphatic carbocycles. The number of fused-ring (bicyclic) bond motifs is 1. The Bertz CT molecular complexity index is 1270. The number of aromatic nitrogens is 1. The Balaban J connectivity index is 1.23. The average molecular weight is 540 g/mol. The summed E-state index contributed by atoms with van der Waals surface area (Å²) >= 11 is 1.53. The van der Waals surface area contributed by atoms with Gasteiger partial charge in [0.25, 0.3) is 11.8 Å². The maximum Gasteiger partial charge on any atom is 0.336 e. The third-order valence-electron chi connectivity index (χ3n) is 6.22. The first-order chi connectivity index (χ1) is 18.2. The second-order valence-corrected chi connectivity index (χ2v) is 10.1. The van der Waals surface area contributed by atoms with Gasteiger partial charge in [0, 0.05) is 41.6 Å². The average Bonchev–Trinajstić information content (AvgIpc) is 2.91. The lowest BCUT2D eigenvalue weighted by Crippen LogP contribution is -2.68. The molecule has 0 radical (unpaired) electrons. The summed E-state index contributed by atoms with van der Waals surface area (Å²) in [7, 11) is 0. The van der Waals surface area contributed by atoms with Crippen molar-refractivity contribution in [3.8, 4) is 0 Å². The number of nitrogens with one attached hydrogen (secondary N) is 2. The summed E-state index contributed by atoms with van der Waals surface area (Å²) in [6.07, 6.45) is 5.44. The highest BCUT2D eigenvalue weighted by Gasteiger charge is 2.49. The van der Waals surface area contributed by atoms with E-state index in [1.165, 1.54) is 23.9 Å². The van der Waals surface area contributed by atoms with Crippen LogP contribution in [-0.2, 0) is 20.9 Å². The van der Waals surface area contributed by atoms with Crippen LogP contribution >= 0.6 is 11.8 Å². The van der Waals surface area contributed by atoms with Crippen LogP contribution in [0.15, 0.2) is 66.6 Å². The maximum absolute atomic E-state index is 12.6. The van der Waals surface area contributed by atoms with E-state index in [-0.39, 0.29) is 42.0 Å².